The minimum absolute atomic E-state index is 0.0958. The number of para-hydroxylation sites is 8. The lowest BCUT2D eigenvalue weighted by atomic mass is 9.82. The van der Waals surface area contributed by atoms with Gasteiger partial charge in [0.05, 0.1) is 109 Å². The van der Waals surface area contributed by atoms with Crippen molar-refractivity contribution in [1.82, 2.24) is 48.2 Å². The summed E-state index contributed by atoms with van der Waals surface area (Å²) in [7, 11) is 0. The Morgan fingerprint density at radius 2 is 0.524 bits per heavy atom. The summed E-state index contributed by atoms with van der Waals surface area (Å²) in [6.45, 7) is 4.71. The molecule has 1 aliphatic rings. The van der Waals surface area contributed by atoms with Crippen molar-refractivity contribution in [1.29, 1.82) is 0 Å². The van der Waals surface area contributed by atoms with Crippen LogP contribution in [-0.4, -0.2) is 48.2 Å². The van der Waals surface area contributed by atoms with Crippen LogP contribution >= 0.6 is 45.3 Å². The van der Waals surface area contributed by atoms with Crippen LogP contribution in [0.2, 0.25) is 0 Å². The summed E-state index contributed by atoms with van der Waals surface area (Å²) in [4.78, 5) is 31.7. The molecule has 0 spiro atoms. The van der Waals surface area contributed by atoms with E-state index in [4.69, 9.17) is 29.9 Å². The molecule has 0 atom stereocenters. The predicted molar refractivity (Wildman–Crippen MR) is 605 cm³/mol. The maximum atomic E-state index is 5.41. The minimum atomic E-state index is -0.0958. The number of hydrogen-bond acceptors (Lipinski definition) is 10. The first-order chi connectivity index (χ1) is 70.8. The molecule has 0 radical (unpaired) electrons. The van der Waals surface area contributed by atoms with Crippen molar-refractivity contribution in [3.05, 3.63) is 460 Å². The first-order valence-corrected chi connectivity index (χ1v) is 51.6. The van der Waals surface area contributed by atoms with Crippen LogP contribution < -0.4 is 0 Å². The van der Waals surface area contributed by atoms with E-state index in [1.165, 1.54) is 149 Å². The maximum Gasteiger partial charge on any atom is 0.160 e. The summed E-state index contributed by atoms with van der Waals surface area (Å²) in [6.07, 6.45) is 0. The van der Waals surface area contributed by atoms with Gasteiger partial charge >= 0.3 is 0 Å². The Morgan fingerprint density at radius 3 is 0.972 bits per heavy atom. The lowest BCUT2D eigenvalue weighted by Crippen LogP contribution is -2.14. The molecular formula is C129H80N10S4. The van der Waals surface area contributed by atoms with Crippen LogP contribution in [0.15, 0.2) is 449 Å². The molecular weight excluding hydrogens is 1820 g/mol. The summed E-state index contributed by atoms with van der Waals surface area (Å²) in [5, 5.41) is 16.0. The van der Waals surface area contributed by atoms with Gasteiger partial charge in [-0.05, 0) is 108 Å². The van der Waals surface area contributed by atoms with Crippen LogP contribution in [0.5, 0.6) is 0 Å². The monoisotopic (exact) mass is 1900 g/mol. The van der Waals surface area contributed by atoms with Crippen LogP contribution in [0, 0.1) is 0 Å². The first-order valence-electron chi connectivity index (χ1n) is 48.3. The maximum absolute atomic E-state index is 5.41. The van der Waals surface area contributed by atoms with Crippen molar-refractivity contribution < 1.29 is 0 Å². The molecule has 0 saturated carbocycles. The predicted octanol–water partition coefficient (Wildman–Crippen LogP) is 35.6. The van der Waals surface area contributed by atoms with Gasteiger partial charge in [0.2, 0.25) is 0 Å². The molecule has 0 N–H and O–H groups in total. The molecule has 0 fully saturated rings. The average molecular weight is 1900 g/mol. The van der Waals surface area contributed by atoms with E-state index in [1.807, 2.05) is 29.5 Å². The molecule has 31 rings (SSSR count). The van der Waals surface area contributed by atoms with Crippen molar-refractivity contribution in [3.8, 4) is 102 Å². The standard InChI is InChI=1S/C46H28N4S.C43H29N3S.C40H23N3S2/c1-3-15-29(16-4-1)46-47-42(45-43(48-46)35-22-10-14-26-40(35)51-45)34-21-9-13-25-38(34)50-36-23-11-7-19-31(36)32-27-28-39-41(44(32)50)33-20-8-12-24-37(33)49(39)30-17-5-2-6-18-30;1-43(2)32-20-10-6-17-29(32)37-33(43)25-24-28-27-16-7-11-21-34(27)46(40(28)37)35-22-12-8-18-30(35)38-41-39(31-19-9-13-23-36(31)47-41)45-42(44-38)26-14-4-3-5-15-26;1-2-12-24(13-3-1)40-41-36(39-37(42-40)29-17-7-11-21-33(29)45-39)27-15-5-9-19-31(27)43-30-18-8-4-14-25(30)26-22-23-34-35(38(26)43)28-16-6-10-20-32(28)44-34/h1-28H;3-25H,1-2H3;1-23H. The van der Waals surface area contributed by atoms with Crippen LogP contribution in [0.3, 0.4) is 0 Å². The second-order valence-electron chi connectivity index (χ2n) is 37.3. The molecule has 10 nitrogen and oxygen atoms in total. The third kappa shape index (κ3) is 12.8. The zero-order valence-corrected chi connectivity index (χ0v) is 80.6. The van der Waals surface area contributed by atoms with Crippen LogP contribution in [0.4, 0.5) is 0 Å². The van der Waals surface area contributed by atoms with E-state index >= 15 is 0 Å². The Kier molecular flexibility index (Phi) is 19.0. The molecule has 0 amide bonds. The number of fused-ring (bicyclic) bond motifs is 30. The smallest absolute Gasteiger partial charge is 0.160 e. The third-order valence-electron chi connectivity index (χ3n) is 29.0. The number of nitrogens with zero attached hydrogens (tertiary/aromatic N) is 10. The molecule has 19 aromatic carbocycles. The summed E-state index contributed by atoms with van der Waals surface area (Å²) < 4.78 is 19.4. The normalized spacial score (nSPS) is 12.5. The first kappa shape index (κ1) is 82.6. The zero-order valence-electron chi connectivity index (χ0n) is 77.3. The summed E-state index contributed by atoms with van der Waals surface area (Å²) in [5.41, 5.74) is 31.5. The molecule has 670 valence electrons. The molecule has 14 heteroatoms. The van der Waals surface area contributed by atoms with Gasteiger partial charge in [-0.15, -0.1) is 45.3 Å². The van der Waals surface area contributed by atoms with Crippen molar-refractivity contribution in [3.63, 3.8) is 0 Å². The van der Waals surface area contributed by atoms with Crippen LogP contribution in [0.25, 0.3) is 270 Å². The van der Waals surface area contributed by atoms with Gasteiger partial charge in [-0.2, -0.15) is 0 Å². The number of benzene rings is 19. The number of rotatable bonds is 10. The Balaban J connectivity index is 0.000000102. The molecule has 0 aliphatic heterocycles. The van der Waals surface area contributed by atoms with E-state index in [9.17, 15) is 0 Å². The number of hydrogen-bond donors (Lipinski definition) is 0. The van der Waals surface area contributed by atoms with Crippen molar-refractivity contribution in [2.75, 3.05) is 0 Å². The molecule has 143 heavy (non-hydrogen) atoms. The Labute approximate surface area is 836 Å². The van der Waals surface area contributed by atoms with Gasteiger partial charge in [-0.3, -0.25) is 0 Å². The molecule has 0 saturated heterocycles. The minimum Gasteiger partial charge on any atom is -0.309 e. The second kappa shape index (κ2) is 32.8. The molecule has 30 aromatic rings. The van der Waals surface area contributed by atoms with E-state index in [0.717, 1.165) is 132 Å². The SMILES string of the molecule is CC1(C)c2ccccc2-c2c1ccc1c3ccccc3n(-c3ccccc3-c3nc(-c4ccccc4)nc4c3sc3ccccc34)c21.c1ccc(-c2nc(-c3ccccc3-n3c4ccccc4c4ccc5c(c6ccccc6n5-c5ccccc5)c43)c3sc4ccccc4c3n2)cc1.c1ccc(-c2nc(-c3ccccc3-n3c4ccccc4c4ccc5sc6ccccc6c5c43)c3sc4ccccc4c3n2)cc1. The topological polar surface area (TPSA) is 97.1 Å². The molecule has 1 aliphatic carbocycles. The quantitative estimate of drug-likeness (QED) is 0.135. The van der Waals surface area contributed by atoms with E-state index in [1.54, 1.807) is 34.0 Å². The largest absolute Gasteiger partial charge is 0.309 e. The number of aromatic nitrogens is 10. The van der Waals surface area contributed by atoms with Gasteiger partial charge in [0.15, 0.2) is 17.5 Å². The van der Waals surface area contributed by atoms with Crippen LogP contribution in [0.1, 0.15) is 25.0 Å². The zero-order chi connectivity index (χ0) is 94.2. The van der Waals surface area contributed by atoms with E-state index in [2.05, 4.69) is 463 Å². The van der Waals surface area contributed by atoms with E-state index < -0.39 is 0 Å². The van der Waals surface area contributed by atoms with Crippen molar-refractivity contribution in [2.24, 2.45) is 0 Å². The van der Waals surface area contributed by atoms with E-state index in [0.29, 0.717) is 0 Å². The Bertz CT molecular complexity index is 10500. The fraction of sp³-hybridized carbons (Fsp3) is 0.0233. The van der Waals surface area contributed by atoms with Gasteiger partial charge in [0.25, 0.3) is 0 Å². The fourth-order valence-corrected chi connectivity index (χ4v) is 27.2. The van der Waals surface area contributed by atoms with Gasteiger partial charge in [0, 0.05) is 144 Å². The van der Waals surface area contributed by atoms with Gasteiger partial charge in [0.1, 0.15) is 0 Å². The highest BCUT2D eigenvalue weighted by Crippen LogP contribution is 2.56. The lowest BCUT2D eigenvalue weighted by Gasteiger charge is -2.21. The average Bonchev–Trinajstić information content (AvgIpc) is 1.54. The van der Waals surface area contributed by atoms with Crippen molar-refractivity contribution >= 4 is 214 Å². The van der Waals surface area contributed by atoms with Gasteiger partial charge in [-0.1, -0.05) is 372 Å². The molecule has 11 aromatic heterocycles. The summed E-state index contributed by atoms with van der Waals surface area (Å²) in [5.74, 6) is 2.21. The molecule has 11 heterocycles. The van der Waals surface area contributed by atoms with Crippen molar-refractivity contribution in [2.45, 2.75) is 19.3 Å². The highest BCUT2D eigenvalue weighted by atomic mass is 32.1. The molecule has 0 unspecified atom stereocenters. The number of thiophene rings is 4. The second-order valence-corrected chi connectivity index (χ2v) is 41.5. The highest BCUT2D eigenvalue weighted by molar-refractivity contribution is 7.27. The fourth-order valence-electron chi connectivity index (χ4n) is 22.7. The lowest BCUT2D eigenvalue weighted by molar-refractivity contribution is 0.661. The van der Waals surface area contributed by atoms with Gasteiger partial charge < -0.3 is 18.3 Å². The molecule has 0 bridgehead atoms. The third-order valence-corrected chi connectivity index (χ3v) is 33.6. The van der Waals surface area contributed by atoms with Gasteiger partial charge in [-0.25, -0.2) is 29.9 Å². The van der Waals surface area contributed by atoms with E-state index in [-0.39, 0.29) is 5.41 Å². The summed E-state index contributed by atoms with van der Waals surface area (Å²) >= 11 is 7.18. The highest BCUT2D eigenvalue weighted by Gasteiger charge is 2.39. The van der Waals surface area contributed by atoms with Crippen LogP contribution in [-0.2, 0) is 5.41 Å². The Hall–Kier alpha value is -17.5. The summed E-state index contributed by atoms with van der Waals surface area (Å²) in [6, 6.07) is 161. The Morgan fingerprint density at radius 1 is 0.203 bits per heavy atom.